The Balaban J connectivity index is 2.16. The summed E-state index contributed by atoms with van der Waals surface area (Å²) in [7, 11) is 1.67. The van der Waals surface area contributed by atoms with Gasteiger partial charge in [-0.2, -0.15) is 0 Å². The number of methoxy groups -OCH3 is 1. The first kappa shape index (κ1) is 18.1. The highest BCUT2D eigenvalue weighted by molar-refractivity contribution is 5.37. The Morgan fingerprint density at radius 1 is 1.35 bits per heavy atom. The molecule has 0 saturated heterocycles. The smallest absolute Gasteiger partial charge is 0.136 e. The number of anilines is 1. The average Bonchev–Trinajstić information content (AvgIpc) is 2.48. The molecule has 2 unspecified atom stereocenters. The highest BCUT2D eigenvalue weighted by atomic mass is 16.5. The largest absolute Gasteiger partial charge is 0.392 e. The van der Waals surface area contributed by atoms with Crippen molar-refractivity contribution in [2.75, 3.05) is 19.0 Å². The zero-order valence-electron chi connectivity index (χ0n) is 15.1. The fraction of sp³-hybridized carbons (Fsp3) is 0.778. The van der Waals surface area contributed by atoms with Gasteiger partial charge >= 0.3 is 0 Å². The van der Waals surface area contributed by atoms with Gasteiger partial charge in [0.25, 0.3) is 0 Å². The molecule has 0 amide bonds. The van der Waals surface area contributed by atoms with E-state index in [1.807, 2.05) is 6.07 Å². The van der Waals surface area contributed by atoms with Gasteiger partial charge in [0.15, 0.2) is 0 Å². The van der Waals surface area contributed by atoms with Gasteiger partial charge in [-0.1, -0.05) is 40.5 Å². The van der Waals surface area contributed by atoms with E-state index in [1.165, 1.54) is 6.42 Å². The fourth-order valence-corrected chi connectivity index (χ4v) is 3.03. The molecule has 1 saturated carbocycles. The van der Waals surface area contributed by atoms with Crippen LogP contribution in [0.2, 0.25) is 0 Å². The molecule has 0 aromatic carbocycles. The van der Waals surface area contributed by atoms with Crippen molar-refractivity contribution in [1.29, 1.82) is 0 Å². The van der Waals surface area contributed by atoms with E-state index in [4.69, 9.17) is 4.74 Å². The van der Waals surface area contributed by atoms with Crippen molar-refractivity contribution in [3.63, 3.8) is 0 Å². The van der Waals surface area contributed by atoms with E-state index >= 15 is 0 Å². The summed E-state index contributed by atoms with van der Waals surface area (Å²) in [6, 6.07) is 1.94. The van der Waals surface area contributed by atoms with Gasteiger partial charge in [-0.3, -0.25) is 0 Å². The lowest BCUT2D eigenvalue weighted by Gasteiger charge is -2.38. The molecule has 0 bridgehead atoms. The van der Waals surface area contributed by atoms with Crippen molar-refractivity contribution >= 4 is 5.82 Å². The first-order valence-electron chi connectivity index (χ1n) is 8.54. The zero-order chi connectivity index (χ0) is 17.1. The van der Waals surface area contributed by atoms with Gasteiger partial charge in [-0.05, 0) is 12.8 Å². The van der Waals surface area contributed by atoms with Crippen LogP contribution >= 0.6 is 0 Å². The molecular formula is C18H31N3O2. The Bertz CT molecular complexity index is 527. The van der Waals surface area contributed by atoms with Gasteiger partial charge in [-0.25, -0.2) is 9.97 Å². The van der Waals surface area contributed by atoms with Gasteiger partial charge in [-0.15, -0.1) is 0 Å². The monoisotopic (exact) mass is 321 g/mol. The van der Waals surface area contributed by atoms with E-state index in [9.17, 15) is 5.11 Å². The van der Waals surface area contributed by atoms with Gasteiger partial charge in [0.05, 0.1) is 18.4 Å². The van der Waals surface area contributed by atoms with Gasteiger partial charge < -0.3 is 15.2 Å². The number of aliphatic hydroxyl groups is 1. The molecule has 2 atom stereocenters. The van der Waals surface area contributed by atoms with Crippen LogP contribution < -0.4 is 5.32 Å². The highest BCUT2D eigenvalue weighted by Gasteiger charge is 2.35. The maximum Gasteiger partial charge on any atom is 0.136 e. The molecule has 23 heavy (non-hydrogen) atoms. The van der Waals surface area contributed by atoms with Crippen LogP contribution in [0.5, 0.6) is 0 Å². The Hall–Kier alpha value is -1.20. The first-order valence-corrected chi connectivity index (χ1v) is 8.54. The summed E-state index contributed by atoms with van der Waals surface area (Å²) in [6.45, 7) is 9.67. The molecule has 5 heteroatoms. The molecule has 0 spiro atoms. The second-order valence-corrected chi connectivity index (χ2v) is 8.02. The summed E-state index contributed by atoms with van der Waals surface area (Å²) < 4.78 is 5.22. The first-order chi connectivity index (χ1) is 10.7. The van der Waals surface area contributed by atoms with Gasteiger partial charge in [0, 0.05) is 30.6 Å². The summed E-state index contributed by atoms with van der Waals surface area (Å²) >= 11 is 0. The average molecular weight is 321 g/mol. The summed E-state index contributed by atoms with van der Waals surface area (Å²) in [5, 5.41) is 13.8. The van der Waals surface area contributed by atoms with Crippen LogP contribution in [0.15, 0.2) is 6.07 Å². The van der Waals surface area contributed by atoms with Crippen molar-refractivity contribution in [2.45, 2.75) is 71.5 Å². The number of rotatable bonds is 5. The van der Waals surface area contributed by atoms with E-state index in [-0.39, 0.29) is 16.9 Å². The number of ether oxygens (including phenoxy) is 1. The van der Waals surface area contributed by atoms with E-state index in [1.54, 1.807) is 7.11 Å². The maximum atomic E-state index is 10.3. The van der Waals surface area contributed by atoms with Crippen LogP contribution in [0, 0.1) is 5.41 Å². The number of nitrogens with one attached hydrogen (secondary N) is 1. The molecule has 1 aromatic rings. The molecule has 0 radical (unpaired) electrons. The second-order valence-electron chi connectivity index (χ2n) is 8.02. The van der Waals surface area contributed by atoms with Crippen molar-refractivity contribution in [1.82, 2.24) is 9.97 Å². The standard InChI is InChI=1S/C18H31N3O2/c1-17(2,3)16-20-13(11-23-5)10-15(21-16)19-12-18(4)9-7-6-8-14(18)22/h10,14,22H,6-9,11-12H2,1-5H3,(H,19,20,21). The van der Waals surface area contributed by atoms with Gasteiger partial charge in [0.2, 0.25) is 0 Å². The van der Waals surface area contributed by atoms with Crippen LogP contribution in [0.1, 0.15) is 64.9 Å². The molecule has 1 fully saturated rings. The topological polar surface area (TPSA) is 67.3 Å². The van der Waals surface area contributed by atoms with E-state index in [2.05, 4.69) is 43.0 Å². The molecule has 1 aliphatic carbocycles. The molecule has 0 aliphatic heterocycles. The van der Waals surface area contributed by atoms with Crippen LogP contribution in [0.25, 0.3) is 0 Å². The molecule has 2 N–H and O–H groups in total. The minimum absolute atomic E-state index is 0.0908. The number of aromatic nitrogens is 2. The van der Waals surface area contributed by atoms with E-state index in [0.717, 1.165) is 43.1 Å². The predicted octanol–water partition coefficient (Wildman–Crippen LogP) is 3.27. The third kappa shape index (κ3) is 4.64. The highest BCUT2D eigenvalue weighted by Crippen LogP contribution is 2.36. The van der Waals surface area contributed by atoms with Crippen LogP contribution in [0.4, 0.5) is 5.82 Å². The predicted molar refractivity (Wildman–Crippen MR) is 92.5 cm³/mol. The summed E-state index contributed by atoms with van der Waals surface area (Å²) in [5.41, 5.74) is 0.672. The summed E-state index contributed by atoms with van der Waals surface area (Å²) in [4.78, 5) is 9.26. The minimum Gasteiger partial charge on any atom is -0.392 e. The number of nitrogens with zero attached hydrogens (tertiary/aromatic N) is 2. The maximum absolute atomic E-state index is 10.3. The quantitative estimate of drug-likeness (QED) is 0.871. The molecule has 2 rings (SSSR count). The lowest BCUT2D eigenvalue weighted by atomic mass is 9.73. The molecule has 1 heterocycles. The molecule has 5 nitrogen and oxygen atoms in total. The number of aliphatic hydroxyl groups excluding tert-OH is 1. The van der Waals surface area contributed by atoms with Gasteiger partial charge in [0.1, 0.15) is 11.6 Å². The third-order valence-corrected chi connectivity index (χ3v) is 4.70. The van der Waals surface area contributed by atoms with Crippen molar-refractivity contribution in [3.8, 4) is 0 Å². The SMILES string of the molecule is COCc1cc(NCC2(C)CCCCC2O)nc(C(C)(C)C)n1. The molecule has 1 aromatic heterocycles. The second kappa shape index (κ2) is 7.14. The minimum atomic E-state index is -0.244. The normalized spacial score (nSPS) is 25.4. The molecular weight excluding hydrogens is 290 g/mol. The number of hydrogen-bond acceptors (Lipinski definition) is 5. The van der Waals surface area contributed by atoms with E-state index in [0.29, 0.717) is 6.61 Å². The summed E-state index contributed by atoms with van der Waals surface area (Å²) in [5.74, 6) is 1.62. The third-order valence-electron chi connectivity index (χ3n) is 4.70. The van der Waals surface area contributed by atoms with Crippen molar-refractivity contribution < 1.29 is 9.84 Å². The lowest BCUT2D eigenvalue weighted by Crippen LogP contribution is -2.41. The van der Waals surface area contributed by atoms with E-state index < -0.39 is 0 Å². The Kier molecular flexibility index (Phi) is 5.63. The Morgan fingerprint density at radius 2 is 2.09 bits per heavy atom. The molecule has 1 aliphatic rings. The Labute approximate surface area is 139 Å². The van der Waals surface area contributed by atoms with Crippen LogP contribution in [-0.2, 0) is 16.8 Å². The molecule has 130 valence electrons. The number of hydrogen-bond donors (Lipinski definition) is 2. The lowest BCUT2D eigenvalue weighted by molar-refractivity contribution is 0.00957. The zero-order valence-corrected chi connectivity index (χ0v) is 15.1. The Morgan fingerprint density at radius 3 is 2.70 bits per heavy atom. The van der Waals surface area contributed by atoms with Crippen LogP contribution in [-0.4, -0.2) is 34.8 Å². The van der Waals surface area contributed by atoms with Crippen LogP contribution in [0.3, 0.4) is 0 Å². The fourth-order valence-electron chi connectivity index (χ4n) is 3.03. The summed E-state index contributed by atoms with van der Waals surface area (Å²) in [6.07, 6.45) is 4.00. The van der Waals surface area contributed by atoms with Crippen molar-refractivity contribution in [3.05, 3.63) is 17.6 Å². The van der Waals surface area contributed by atoms with Crippen molar-refractivity contribution in [2.24, 2.45) is 5.41 Å².